The first-order valence-corrected chi connectivity index (χ1v) is 17.3. The van der Waals surface area contributed by atoms with E-state index in [1.807, 2.05) is 24.3 Å². The van der Waals surface area contributed by atoms with Crippen LogP contribution in [-0.2, 0) is 32.0 Å². The average molecular weight is 669 g/mol. The van der Waals surface area contributed by atoms with Gasteiger partial charge in [0, 0.05) is 24.3 Å². The zero-order valence-corrected chi connectivity index (χ0v) is 28.0. The van der Waals surface area contributed by atoms with Gasteiger partial charge in [0.1, 0.15) is 23.0 Å². The number of benzene rings is 4. The molecule has 0 saturated carbocycles. The van der Waals surface area contributed by atoms with Gasteiger partial charge in [-0.05, 0) is 110 Å². The van der Waals surface area contributed by atoms with Crippen LogP contribution in [-0.4, -0.2) is 23.6 Å². The van der Waals surface area contributed by atoms with Crippen LogP contribution in [0.2, 0.25) is 0 Å². The average Bonchev–Trinajstić information content (AvgIpc) is 3.65. The maximum absolute atomic E-state index is 11.9. The summed E-state index contributed by atoms with van der Waals surface area (Å²) >= 11 is 0. The second-order valence-electron chi connectivity index (χ2n) is 12.5. The zero-order valence-electron chi connectivity index (χ0n) is 28.0. The van der Waals surface area contributed by atoms with Crippen molar-refractivity contribution in [1.29, 1.82) is 0 Å². The zero-order chi connectivity index (χ0) is 34.7. The smallest absolute Gasteiger partial charge is 0.258 e. The molecule has 0 aliphatic carbocycles. The first-order valence-electron chi connectivity index (χ1n) is 17.3. The van der Waals surface area contributed by atoms with Gasteiger partial charge < -0.3 is 9.47 Å². The first-order chi connectivity index (χ1) is 24.4. The molecule has 0 saturated heterocycles. The van der Waals surface area contributed by atoms with Crippen LogP contribution in [0.15, 0.2) is 121 Å². The molecule has 4 amide bonds. The van der Waals surface area contributed by atoms with Crippen molar-refractivity contribution >= 4 is 35.0 Å². The number of anilines is 2. The summed E-state index contributed by atoms with van der Waals surface area (Å²) in [6, 6.07) is 30.2. The number of carbonyl (C=O) groups is 4. The molecule has 8 heteroatoms. The minimum absolute atomic E-state index is 0.335. The third-order valence-corrected chi connectivity index (χ3v) is 8.81. The van der Waals surface area contributed by atoms with Crippen LogP contribution in [0.25, 0.3) is 0 Å². The SMILES string of the molecule is O=C1C=CC(=O)N1c1ccc(Oc2ccc(CCCCCCCCCCc3ccc(Oc4ccc(N5C(=O)C=CC5=O)cc4)cc3)cc2)cc1. The highest BCUT2D eigenvalue weighted by Gasteiger charge is 2.26. The van der Waals surface area contributed by atoms with Gasteiger partial charge in [0.2, 0.25) is 0 Å². The molecule has 0 radical (unpaired) electrons. The largest absolute Gasteiger partial charge is 0.457 e. The fraction of sp³-hybridized carbons (Fsp3) is 0.238. The summed E-state index contributed by atoms with van der Waals surface area (Å²) in [4.78, 5) is 49.7. The maximum atomic E-state index is 11.9. The summed E-state index contributed by atoms with van der Waals surface area (Å²) in [7, 11) is 0. The van der Waals surface area contributed by atoms with Gasteiger partial charge in [-0.1, -0.05) is 62.8 Å². The monoisotopic (exact) mass is 668 g/mol. The van der Waals surface area contributed by atoms with Crippen molar-refractivity contribution in [1.82, 2.24) is 0 Å². The molecule has 0 bridgehead atoms. The molecule has 8 nitrogen and oxygen atoms in total. The van der Waals surface area contributed by atoms with E-state index in [2.05, 4.69) is 24.3 Å². The molecule has 254 valence electrons. The van der Waals surface area contributed by atoms with Gasteiger partial charge in [-0.3, -0.25) is 19.2 Å². The highest BCUT2D eigenvalue weighted by atomic mass is 16.5. The van der Waals surface area contributed by atoms with E-state index >= 15 is 0 Å². The lowest BCUT2D eigenvalue weighted by Gasteiger charge is -2.14. The van der Waals surface area contributed by atoms with Gasteiger partial charge in [-0.15, -0.1) is 0 Å². The maximum Gasteiger partial charge on any atom is 0.258 e. The van der Waals surface area contributed by atoms with E-state index < -0.39 is 0 Å². The number of hydrogen-bond donors (Lipinski definition) is 0. The normalized spacial score (nSPS) is 13.9. The van der Waals surface area contributed by atoms with Gasteiger partial charge in [0.05, 0.1) is 11.4 Å². The van der Waals surface area contributed by atoms with Gasteiger partial charge in [-0.25, -0.2) is 9.80 Å². The van der Waals surface area contributed by atoms with E-state index in [-0.39, 0.29) is 23.6 Å². The summed E-state index contributed by atoms with van der Waals surface area (Å²) in [5.41, 5.74) is 3.65. The molecule has 0 aromatic heterocycles. The number of nitrogens with zero attached hydrogens (tertiary/aromatic N) is 2. The lowest BCUT2D eigenvalue weighted by molar-refractivity contribution is -0.121. The van der Waals surface area contributed by atoms with Crippen molar-refractivity contribution in [3.63, 3.8) is 0 Å². The van der Waals surface area contributed by atoms with Crippen LogP contribution < -0.4 is 19.3 Å². The standard InChI is InChI=1S/C42H40N2O6/c45-39-27-28-40(46)43(39)33-15-23-37(24-16-33)49-35-19-11-31(12-20-35)9-7-5-3-1-2-4-6-8-10-32-13-21-36(22-14-32)50-38-25-17-34(18-26-38)44-41(47)29-30-42(44)48/h11-30H,1-10H2. The van der Waals surface area contributed by atoms with Gasteiger partial charge in [0.15, 0.2) is 0 Å². The number of aryl methyl sites for hydroxylation is 2. The molecule has 2 aliphatic rings. The number of rotatable bonds is 17. The van der Waals surface area contributed by atoms with Gasteiger partial charge in [0.25, 0.3) is 23.6 Å². The van der Waals surface area contributed by atoms with Crippen LogP contribution in [0.1, 0.15) is 62.5 Å². The van der Waals surface area contributed by atoms with E-state index in [1.54, 1.807) is 48.5 Å². The molecule has 4 aromatic carbocycles. The van der Waals surface area contributed by atoms with E-state index in [4.69, 9.17) is 9.47 Å². The Labute approximate surface area is 292 Å². The molecule has 0 atom stereocenters. The number of hydrogen-bond acceptors (Lipinski definition) is 6. The van der Waals surface area contributed by atoms with Crippen LogP contribution in [0, 0.1) is 0 Å². The molecular weight excluding hydrogens is 628 g/mol. The topological polar surface area (TPSA) is 93.2 Å². The lowest BCUT2D eigenvalue weighted by Crippen LogP contribution is -2.29. The van der Waals surface area contributed by atoms with Crippen molar-refractivity contribution in [2.45, 2.75) is 64.2 Å². The number of amides is 4. The first kappa shape index (κ1) is 34.1. The Hall–Kier alpha value is -5.76. The number of unbranched alkanes of at least 4 members (excludes halogenated alkanes) is 7. The third kappa shape index (κ3) is 9.02. The van der Waals surface area contributed by atoms with E-state index in [9.17, 15) is 19.2 Å². The van der Waals surface area contributed by atoms with Gasteiger partial charge >= 0.3 is 0 Å². The summed E-state index contributed by atoms with van der Waals surface area (Å²) in [6.07, 6.45) is 17.1. The highest BCUT2D eigenvalue weighted by molar-refractivity contribution is 6.28. The third-order valence-electron chi connectivity index (χ3n) is 8.81. The summed E-state index contributed by atoms with van der Waals surface area (Å²) in [5.74, 6) is 1.44. The number of ether oxygens (including phenoxy) is 2. The summed E-state index contributed by atoms with van der Waals surface area (Å²) in [6.45, 7) is 0. The molecule has 6 rings (SSSR count). The van der Waals surface area contributed by atoms with Crippen molar-refractivity contribution < 1.29 is 28.7 Å². The van der Waals surface area contributed by atoms with Crippen molar-refractivity contribution in [3.05, 3.63) is 132 Å². The number of carbonyl (C=O) groups excluding carboxylic acids is 4. The second-order valence-corrected chi connectivity index (χ2v) is 12.5. The predicted octanol–water partition coefficient (Wildman–Crippen LogP) is 9.04. The van der Waals surface area contributed by atoms with E-state index in [1.165, 1.54) is 86.8 Å². The Kier molecular flexibility index (Phi) is 11.3. The molecular formula is C42H40N2O6. The van der Waals surface area contributed by atoms with Crippen molar-refractivity contribution in [3.8, 4) is 23.0 Å². The summed E-state index contributed by atoms with van der Waals surface area (Å²) in [5, 5.41) is 0. The Balaban J connectivity index is 0.794. The fourth-order valence-electron chi connectivity index (χ4n) is 6.08. The minimum atomic E-state index is -0.335. The quantitative estimate of drug-likeness (QED) is 0.0824. The van der Waals surface area contributed by atoms with Crippen LogP contribution in [0.5, 0.6) is 23.0 Å². The molecule has 0 unspecified atom stereocenters. The minimum Gasteiger partial charge on any atom is -0.457 e. The fourth-order valence-corrected chi connectivity index (χ4v) is 6.08. The van der Waals surface area contributed by atoms with Crippen LogP contribution in [0.3, 0.4) is 0 Å². The summed E-state index contributed by atoms with van der Waals surface area (Å²) < 4.78 is 11.9. The molecule has 0 N–H and O–H groups in total. The molecule has 2 aliphatic heterocycles. The van der Waals surface area contributed by atoms with E-state index in [0.29, 0.717) is 22.9 Å². The highest BCUT2D eigenvalue weighted by Crippen LogP contribution is 2.28. The second kappa shape index (κ2) is 16.6. The van der Waals surface area contributed by atoms with Crippen LogP contribution >= 0.6 is 0 Å². The molecule has 4 aromatic rings. The van der Waals surface area contributed by atoms with Crippen molar-refractivity contribution in [2.75, 3.05) is 9.80 Å². The molecule has 50 heavy (non-hydrogen) atoms. The Morgan fingerprint density at radius 2 is 0.600 bits per heavy atom. The molecule has 2 heterocycles. The van der Waals surface area contributed by atoms with Gasteiger partial charge in [-0.2, -0.15) is 0 Å². The Morgan fingerprint density at radius 3 is 0.900 bits per heavy atom. The Bertz CT molecular complexity index is 1680. The molecule has 0 spiro atoms. The Morgan fingerprint density at radius 1 is 0.340 bits per heavy atom. The van der Waals surface area contributed by atoms with Crippen LogP contribution in [0.4, 0.5) is 11.4 Å². The lowest BCUT2D eigenvalue weighted by atomic mass is 10.0. The van der Waals surface area contributed by atoms with E-state index in [0.717, 1.165) is 34.1 Å². The molecule has 0 fully saturated rings. The van der Waals surface area contributed by atoms with Crippen molar-refractivity contribution in [2.24, 2.45) is 0 Å². The predicted molar refractivity (Wildman–Crippen MR) is 194 cm³/mol. The number of imide groups is 2.